The molecule has 0 spiro atoms. The van der Waals surface area contributed by atoms with Crippen LogP contribution in [0.15, 0.2) is 53.4 Å². The van der Waals surface area contributed by atoms with E-state index in [9.17, 15) is 18.0 Å². The smallest absolute Gasteiger partial charge is 0.262 e. The zero-order valence-electron chi connectivity index (χ0n) is 30.8. The normalized spacial score (nSPS) is 12.3. The van der Waals surface area contributed by atoms with E-state index in [1.165, 1.54) is 0 Å². The lowest BCUT2D eigenvalue weighted by Crippen LogP contribution is -2.29. The molecule has 3 rings (SSSR count). The Labute approximate surface area is 287 Å². The van der Waals surface area contributed by atoms with Gasteiger partial charge < -0.3 is 20.7 Å². The van der Waals surface area contributed by atoms with Crippen molar-refractivity contribution < 1.29 is 22.7 Å². The number of benzene rings is 3. The Balaban J connectivity index is 2.32. The Kier molecular flexibility index (Phi) is 11.7. The Morgan fingerprint density at radius 2 is 1.08 bits per heavy atom. The Morgan fingerprint density at radius 3 is 1.48 bits per heavy atom. The number of methoxy groups -OCH3 is 1. The first kappa shape index (κ1) is 38.4. The van der Waals surface area contributed by atoms with E-state index in [1.54, 1.807) is 72.9 Å². The lowest BCUT2D eigenvalue weighted by atomic mass is 9.89. The molecule has 10 heteroatoms. The standard InChI is InChI=1S/C38H54N4O5S/c1-22(2)25-18-28(23(3)4)34(29(19-25)24(5)6)48(45,46)42-33-21-31(40-35(43)37(7,8)9)30(20-32(33)41-36(44)38(10,11)12)39-26-14-16-27(47-13)17-15-26/h14-24,39,42H,1-13H3,(H,40,43)(H,41,44). The summed E-state index contributed by atoms with van der Waals surface area (Å²) in [5.41, 5.74) is 2.82. The van der Waals surface area contributed by atoms with Crippen LogP contribution in [0.2, 0.25) is 0 Å². The zero-order chi connectivity index (χ0) is 36.4. The molecule has 0 heterocycles. The molecule has 262 valence electrons. The van der Waals surface area contributed by atoms with Gasteiger partial charge in [0.15, 0.2) is 0 Å². The summed E-state index contributed by atoms with van der Waals surface area (Å²) in [6.07, 6.45) is 0. The molecule has 2 amide bonds. The maximum Gasteiger partial charge on any atom is 0.262 e. The lowest BCUT2D eigenvalue weighted by molar-refractivity contribution is -0.123. The Hall–Kier alpha value is -4.05. The first-order valence-electron chi connectivity index (χ1n) is 16.5. The third-order valence-electron chi connectivity index (χ3n) is 7.98. The fourth-order valence-electron chi connectivity index (χ4n) is 4.84. The van der Waals surface area contributed by atoms with Crippen molar-refractivity contribution >= 4 is 50.3 Å². The first-order chi connectivity index (χ1) is 22.0. The van der Waals surface area contributed by atoms with Crippen LogP contribution in [-0.4, -0.2) is 27.3 Å². The fourth-order valence-corrected chi connectivity index (χ4v) is 6.61. The summed E-state index contributed by atoms with van der Waals surface area (Å²) in [6.45, 7) is 22.8. The molecule has 0 aliphatic heterocycles. The Bertz CT molecular complexity index is 1720. The molecule has 0 aliphatic rings. The summed E-state index contributed by atoms with van der Waals surface area (Å²) >= 11 is 0. The number of ether oxygens (including phenoxy) is 1. The predicted octanol–water partition coefficient (Wildman–Crippen LogP) is 9.58. The van der Waals surface area contributed by atoms with Gasteiger partial charge in [-0.05, 0) is 70.8 Å². The highest BCUT2D eigenvalue weighted by molar-refractivity contribution is 7.92. The first-order valence-corrected chi connectivity index (χ1v) is 18.0. The molecule has 9 nitrogen and oxygen atoms in total. The zero-order valence-corrected chi connectivity index (χ0v) is 31.6. The van der Waals surface area contributed by atoms with Crippen molar-refractivity contribution in [2.75, 3.05) is 27.8 Å². The predicted molar refractivity (Wildman–Crippen MR) is 198 cm³/mol. The monoisotopic (exact) mass is 678 g/mol. The molecule has 0 fully saturated rings. The molecular formula is C38H54N4O5S. The van der Waals surface area contributed by atoms with E-state index in [1.807, 2.05) is 52.0 Å². The quantitative estimate of drug-likeness (QED) is 0.160. The van der Waals surface area contributed by atoms with Crippen LogP contribution in [0.4, 0.5) is 28.4 Å². The van der Waals surface area contributed by atoms with Gasteiger partial charge in [-0.15, -0.1) is 0 Å². The Morgan fingerprint density at radius 1 is 0.646 bits per heavy atom. The van der Waals surface area contributed by atoms with Gasteiger partial charge in [-0.2, -0.15) is 0 Å². The molecule has 3 aromatic carbocycles. The van der Waals surface area contributed by atoms with E-state index >= 15 is 0 Å². The molecule has 0 unspecified atom stereocenters. The summed E-state index contributed by atoms with van der Waals surface area (Å²) in [4.78, 5) is 26.9. The molecule has 3 aromatic rings. The molecule has 4 N–H and O–H groups in total. The summed E-state index contributed by atoms with van der Waals surface area (Å²) < 4.78 is 37.2. The van der Waals surface area contributed by atoms with Gasteiger partial charge in [-0.3, -0.25) is 14.3 Å². The number of carbonyl (C=O) groups excluding carboxylic acids is 2. The second-order valence-corrected chi connectivity index (χ2v) is 16.9. The second kappa shape index (κ2) is 14.6. The maximum absolute atomic E-state index is 14.6. The van der Waals surface area contributed by atoms with Gasteiger partial charge in [0.05, 0.1) is 34.8 Å². The number of hydrogen-bond donors (Lipinski definition) is 4. The van der Waals surface area contributed by atoms with Gasteiger partial charge in [-0.25, -0.2) is 8.42 Å². The van der Waals surface area contributed by atoms with Gasteiger partial charge >= 0.3 is 0 Å². The van der Waals surface area contributed by atoms with Gasteiger partial charge in [-0.1, -0.05) is 95.2 Å². The average Bonchev–Trinajstić information content (AvgIpc) is 2.97. The highest BCUT2D eigenvalue weighted by Gasteiger charge is 2.30. The number of carbonyl (C=O) groups is 2. The van der Waals surface area contributed by atoms with Crippen LogP contribution in [-0.2, 0) is 19.6 Å². The van der Waals surface area contributed by atoms with E-state index in [4.69, 9.17) is 4.74 Å². The molecule has 48 heavy (non-hydrogen) atoms. The SMILES string of the molecule is COc1ccc(Nc2cc(NC(=O)C(C)(C)C)c(NS(=O)(=O)c3c(C(C)C)cc(C(C)C)cc3C(C)C)cc2NC(=O)C(C)(C)C)cc1. The van der Waals surface area contributed by atoms with Crippen molar-refractivity contribution in [3.63, 3.8) is 0 Å². The minimum absolute atomic E-state index is 0.0782. The third-order valence-corrected chi connectivity index (χ3v) is 9.48. The minimum atomic E-state index is -4.20. The summed E-state index contributed by atoms with van der Waals surface area (Å²) in [5, 5.41) is 9.24. The minimum Gasteiger partial charge on any atom is -0.497 e. The number of sulfonamides is 1. The van der Waals surface area contributed by atoms with Gasteiger partial charge in [0, 0.05) is 16.5 Å². The highest BCUT2D eigenvalue weighted by Crippen LogP contribution is 2.40. The molecular weight excluding hydrogens is 625 g/mol. The number of rotatable bonds is 11. The number of anilines is 5. The average molecular weight is 679 g/mol. The van der Waals surface area contributed by atoms with Crippen molar-refractivity contribution in [3.8, 4) is 5.75 Å². The van der Waals surface area contributed by atoms with Crippen LogP contribution in [0.1, 0.15) is 118 Å². The van der Waals surface area contributed by atoms with Crippen molar-refractivity contribution in [1.82, 2.24) is 0 Å². The van der Waals surface area contributed by atoms with Gasteiger partial charge in [0.2, 0.25) is 11.8 Å². The van der Waals surface area contributed by atoms with Crippen molar-refractivity contribution in [3.05, 3.63) is 65.2 Å². The van der Waals surface area contributed by atoms with Crippen LogP contribution in [0.5, 0.6) is 5.75 Å². The van der Waals surface area contributed by atoms with E-state index < -0.39 is 20.9 Å². The van der Waals surface area contributed by atoms with Crippen LogP contribution >= 0.6 is 0 Å². The molecule has 0 aliphatic carbocycles. The number of amides is 2. The number of nitrogens with one attached hydrogen (secondary N) is 4. The largest absolute Gasteiger partial charge is 0.497 e. The molecule has 0 aromatic heterocycles. The van der Waals surface area contributed by atoms with E-state index in [2.05, 4.69) is 34.5 Å². The molecule has 0 saturated heterocycles. The van der Waals surface area contributed by atoms with Crippen molar-refractivity contribution in [2.24, 2.45) is 10.8 Å². The maximum atomic E-state index is 14.6. The van der Waals surface area contributed by atoms with Gasteiger partial charge in [0.25, 0.3) is 10.0 Å². The molecule has 0 atom stereocenters. The highest BCUT2D eigenvalue weighted by atomic mass is 32.2. The number of hydrogen-bond acceptors (Lipinski definition) is 6. The summed E-state index contributed by atoms with van der Waals surface area (Å²) in [5.74, 6) is 0.151. The van der Waals surface area contributed by atoms with E-state index in [0.29, 0.717) is 22.8 Å². The van der Waals surface area contributed by atoms with Crippen molar-refractivity contribution in [2.45, 2.75) is 106 Å². The topological polar surface area (TPSA) is 126 Å². The lowest BCUT2D eigenvalue weighted by Gasteiger charge is -2.26. The molecule has 0 bridgehead atoms. The summed E-state index contributed by atoms with van der Waals surface area (Å²) in [6, 6.07) is 14.4. The van der Waals surface area contributed by atoms with E-state index in [0.717, 1.165) is 16.7 Å². The van der Waals surface area contributed by atoms with Crippen LogP contribution < -0.4 is 25.4 Å². The van der Waals surface area contributed by atoms with Crippen LogP contribution in [0.3, 0.4) is 0 Å². The molecule has 0 saturated carbocycles. The van der Waals surface area contributed by atoms with Crippen LogP contribution in [0, 0.1) is 10.8 Å². The van der Waals surface area contributed by atoms with Gasteiger partial charge in [0.1, 0.15) is 5.75 Å². The van der Waals surface area contributed by atoms with E-state index in [-0.39, 0.29) is 45.8 Å². The third kappa shape index (κ3) is 9.30. The summed E-state index contributed by atoms with van der Waals surface area (Å²) in [7, 11) is -2.62. The molecule has 0 radical (unpaired) electrons. The van der Waals surface area contributed by atoms with Crippen LogP contribution in [0.25, 0.3) is 0 Å². The van der Waals surface area contributed by atoms with Crippen molar-refractivity contribution in [1.29, 1.82) is 0 Å². The fraction of sp³-hybridized carbons (Fsp3) is 0.474. The second-order valence-electron chi connectivity index (χ2n) is 15.3.